The van der Waals surface area contributed by atoms with E-state index in [9.17, 15) is 8.42 Å². The summed E-state index contributed by atoms with van der Waals surface area (Å²) < 4.78 is 25.5. The van der Waals surface area contributed by atoms with Crippen LogP contribution in [0.3, 0.4) is 0 Å². The van der Waals surface area contributed by atoms with Crippen molar-refractivity contribution in [1.29, 1.82) is 0 Å². The Kier molecular flexibility index (Phi) is 2.50. The van der Waals surface area contributed by atoms with E-state index in [1.165, 1.54) is 0 Å². The minimum atomic E-state index is -3.07. The van der Waals surface area contributed by atoms with Crippen LogP contribution in [-0.4, -0.2) is 27.3 Å². The lowest BCUT2D eigenvalue weighted by molar-refractivity contribution is 0.599. The number of anilines is 2. The number of nitrogens with zero attached hydrogens (tertiary/aromatic N) is 1. The van der Waals surface area contributed by atoms with Crippen LogP contribution < -0.4 is 9.62 Å². The predicted molar refractivity (Wildman–Crippen MR) is 69.0 cm³/mol. The minimum absolute atomic E-state index is 0.282. The highest BCUT2D eigenvalue weighted by Crippen LogP contribution is 2.34. The van der Waals surface area contributed by atoms with Crippen molar-refractivity contribution in [2.75, 3.05) is 28.5 Å². The van der Waals surface area contributed by atoms with Gasteiger partial charge in [-0.3, -0.25) is 4.31 Å². The summed E-state index contributed by atoms with van der Waals surface area (Å²) in [4.78, 5) is 0. The van der Waals surface area contributed by atoms with Crippen molar-refractivity contribution in [2.24, 2.45) is 0 Å². The van der Waals surface area contributed by atoms with E-state index in [0.29, 0.717) is 6.54 Å². The van der Waals surface area contributed by atoms with E-state index in [4.69, 9.17) is 0 Å². The van der Waals surface area contributed by atoms with E-state index in [1.54, 1.807) is 4.31 Å². The normalized spacial score (nSPS) is 22.0. The lowest BCUT2D eigenvalue weighted by Gasteiger charge is -2.25. The van der Waals surface area contributed by atoms with Crippen molar-refractivity contribution < 1.29 is 8.42 Å². The Balaban J connectivity index is 2.09. The van der Waals surface area contributed by atoms with Crippen LogP contribution in [0.2, 0.25) is 0 Å². The Bertz CT molecular complexity index is 539. The molecule has 1 fully saturated rings. The lowest BCUT2D eigenvalue weighted by Crippen LogP contribution is -2.27. The summed E-state index contributed by atoms with van der Waals surface area (Å²) in [5, 5.41) is 3.33. The molecule has 2 aliphatic rings. The molecule has 1 saturated heterocycles. The molecular weight excluding hydrogens is 236 g/mol. The van der Waals surface area contributed by atoms with Gasteiger partial charge >= 0.3 is 0 Å². The van der Waals surface area contributed by atoms with Crippen LogP contribution in [0.5, 0.6) is 0 Å². The van der Waals surface area contributed by atoms with Crippen molar-refractivity contribution in [2.45, 2.75) is 19.3 Å². The highest BCUT2D eigenvalue weighted by molar-refractivity contribution is 7.93. The second kappa shape index (κ2) is 3.91. The zero-order chi connectivity index (χ0) is 11.9. The molecule has 2 aliphatic heterocycles. The monoisotopic (exact) mass is 252 g/mol. The van der Waals surface area contributed by atoms with Crippen LogP contribution in [0.4, 0.5) is 11.4 Å². The number of sulfonamides is 1. The Morgan fingerprint density at radius 1 is 1.24 bits per heavy atom. The maximum atomic E-state index is 12.0. The summed E-state index contributed by atoms with van der Waals surface area (Å²) in [6.07, 6.45) is 2.77. The van der Waals surface area contributed by atoms with Crippen molar-refractivity contribution in [1.82, 2.24) is 0 Å². The van der Waals surface area contributed by atoms with E-state index < -0.39 is 10.0 Å². The van der Waals surface area contributed by atoms with Gasteiger partial charge in [0.05, 0.1) is 11.4 Å². The average molecular weight is 252 g/mol. The average Bonchev–Trinajstić information content (AvgIpc) is 2.68. The van der Waals surface area contributed by atoms with E-state index in [2.05, 4.69) is 5.32 Å². The molecule has 1 aromatic carbocycles. The first-order valence-corrected chi connectivity index (χ1v) is 7.65. The molecule has 2 heterocycles. The molecule has 0 amide bonds. The molecule has 0 aliphatic carbocycles. The largest absolute Gasteiger partial charge is 0.385 e. The zero-order valence-corrected chi connectivity index (χ0v) is 10.5. The van der Waals surface area contributed by atoms with Crippen LogP contribution in [0.1, 0.15) is 18.4 Å². The van der Waals surface area contributed by atoms with Gasteiger partial charge in [-0.05, 0) is 37.0 Å². The quantitative estimate of drug-likeness (QED) is 0.825. The summed E-state index contributed by atoms with van der Waals surface area (Å²) in [7, 11) is -3.07. The van der Waals surface area contributed by atoms with Gasteiger partial charge in [0.25, 0.3) is 0 Å². The van der Waals surface area contributed by atoms with Crippen LogP contribution in [0.15, 0.2) is 18.2 Å². The number of rotatable bonds is 1. The summed E-state index contributed by atoms with van der Waals surface area (Å²) >= 11 is 0. The summed E-state index contributed by atoms with van der Waals surface area (Å²) in [6.45, 7) is 1.60. The molecule has 1 aromatic rings. The Hall–Kier alpha value is -1.23. The van der Waals surface area contributed by atoms with Gasteiger partial charge in [-0.25, -0.2) is 8.42 Å². The van der Waals surface area contributed by atoms with Gasteiger partial charge in [0.15, 0.2) is 0 Å². The molecule has 17 heavy (non-hydrogen) atoms. The van der Waals surface area contributed by atoms with Crippen molar-refractivity contribution >= 4 is 21.4 Å². The Morgan fingerprint density at radius 3 is 2.88 bits per heavy atom. The summed E-state index contributed by atoms with van der Waals surface area (Å²) in [6, 6.07) is 5.88. The molecule has 1 N–H and O–H groups in total. The van der Waals surface area contributed by atoms with Gasteiger partial charge in [-0.1, -0.05) is 6.07 Å². The highest BCUT2D eigenvalue weighted by Gasteiger charge is 2.30. The number of fused-ring (bicyclic) bond motifs is 1. The van der Waals surface area contributed by atoms with E-state index in [-0.39, 0.29) is 5.75 Å². The third kappa shape index (κ3) is 1.78. The third-order valence-corrected chi connectivity index (χ3v) is 5.29. The van der Waals surface area contributed by atoms with E-state index in [0.717, 1.165) is 42.7 Å². The van der Waals surface area contributed by atoms with Crippen molar-refractivity contribution in [3.63, 3.8) is 0 Å². The molecule has 0 spiro atoms. The molecule has 4 nitrogen and oxygen atoms in total. The topological polar surface area (TPSA) is 49.4 Å². The molecule has 0 aromatic heterocycles. The van der Waals surface area contributed by atoms with Crippen molar-refractivity contribution in [3.05, 3.63) is 23.8 Å². The van der Waals surface area contributed by atoms with Gasteiger partial charge in [-0.2, -0.15) is 0 Å². The highest BCUT2D eigenvalue weighted by atomic mass is 32.2. The molecular formula is C12H16N2O2S. The third-order valence-electron chi connectivity index (χ3n) is 3.44. The summed E-state index contributed by atoms with van der Waals surface area (Å²) in [5.74, 6) is 0.282. The van der Waals surface area contributed by atoms with Gasteiger partial charge in [-0.15, -0.1) is 0 Å². The first kappa shape index (κ1) is 10.9. The van der Waals surface area contributed by atoms with Crippen LogP contribution >= 0.6 is 0 Å². The molecule has 0 unspecified atom stereocenters. The predicted octanol–water partition coefficient (Wildman–Crippen LogP) is 1.58. The van der Waals surface area contributed by atoms with E-state index in [1.807, 2.05) is 18.2 Å². The van der Waals surface area contributed by atoms with Gasteiger partial charge < -0.3 is 5.32 Å². The fourth-order valence-electron chi connectivity index (χ4n) is 2.64. The number of hydrogen-bond acceptors (Lipinski definition) is 3. The first-order chi connectivity index (χ1) is 8.18. The summed E-state index contributed by atoms with van der Waals surface area (Å²) in [5.41, 5.74) is 3.13. The number of nitrogens with one attached hydrogen (secondary N) is 1. The molecule has 3 rings (SSSR count). The number of benzene rings is 1. The molecule has 0 atom stereocenters. The Labute approximate surface area is 102 Å². The van der Waals surface area contributed by atoms with Gasteiger partial charge in [0, 0.05) is 18.8 Å². The second-order valence-electron chi connectivity index (χ2n) is 4.58. The van der Waals surface area contributed by atoms with Gasteiger partial charge in [0.2, 0.25) is 10.0 Å². The lowest BCUT2D eigenvalue weighted by atomic mass is 10.0. The van der Waals surface area contributed by atoms with Gasteiger partial charge in [0.1, 0.15) is 0 Å². The fraction of sp³-hybridized carbons (Fsp3) is 0.500. The smallest absolute Gasteiger partial charge is 0.235 e. The van der Waals surface area contributed by atoms with Crippen LogP contribution in [-0.2, 0) is 16.4 Å². The fourth-order valence-corrected chi connectivity index (χ4v) is 4.23. The second-order valence-corrected chi connectivity index (χ2v) is 6.59. The number of hydrogen-bond donors (Lipinski definition) is 1. The van der Waals surface area contributed by atoms with Crippen LogP contribution in [0, 0.1) is 0 Å². The SMILES string of the molecule is O=S1(=O)CCCN1c1cccc2c1CCCN2. The molecule has 0 saturated carbocycles. The van der Waals surface area contributed by atoms with Crippen LogP contribution in [0.25, 0.3) is 0 Å². The van der Waals surface area contributed by atoms with E-state index >= 15 is 0 Å². The standard InChI is InChI=1S/C12H16N2O2S/c15-17(16)9-3-8-14(17)12-6-1-5-11-10(12)4-2-7-13-11/h1,5-6,13H,2-4,7-9H2. The Morgan fingerprint density at radius 2 is 2.12 bits per heavy atom. The first-order valence-electron chi connectivity index (χ1n) is 6.05. The molecule has 92 valence electrons. The van der Waals surface area contributed by atoms with Crippen molar-refractivity contribution in [3.8, 4) is 0 Å². The maximum Gasteiger partial charge on any atom is 0.235 e. The maximum absolute atomic E-state index is 12.0. The zero-order valence-electron chi connectivity index (χ0n) is 9.65. The molecule has 0 radical (unpaired) electrons. The molecule has 0 bridgehead atoms. The molecule has 5 heteroatoms. The minimum Gasteiger partial charge on any atom is -0.385 e.